The molecule has 17 heavy (non-hydrogen) atoms. The molecule has 3 aromatic heterocycles. The van der Waals surface area contributed by atoms with E-state index < -0.39 is 0 Å². The lowest BCUT2D eigenvalue weighted by atomic mass is 10.2. The molecule has 0 aliphatic heterocycles. The smallest absolute Gasteiger partial charge is 0.169 e. The van der Waals surface area contributed by atoms with Crippen molar-refractivity contribution in [1.82, 2.24) is 9.38 Å². The molecule has 0 saturated heterocycles. The number of rotatable bonds is 1. The van der Waals surface area contributed by atoms with Gasteiger partial charge in [0.2, 0.25) is 0 Å². The van der Waals surface area contributed by atoms with Crippen molar-refractivity contribution in [3.8, 4) is 11.5 Å². The maximum atomic E-state index is 5.58. The van der Waals surface area contributed by atoms with Crippen LogP contribution in [0.15, 0.2) is 39.5 Å². The molecule has 3 rings (SSSR count). The number of nitrogens with zero attached hydrogens (tertiary/aromatic N) is 2. The molecule has 0 spiro atoms. The predicted molar refractivity (Wildman–Crippen MR) is 70.1 cm³/mol. The van der Waals surface area contributed by atoms with Gasteiger partial charge in [0, 0.05) is 5.69 Å². The van der Waals surface area contributed by atoms with Crippen LogP contribution in [-0.4, -0.2) is 9.38 Å². The van der Waals surface area contributed by atoms with Gasteiger partial charge in [-0.05, 0) is 59.6 Å². The maximum absolute atomic E-state index is 5.58. The van der Waals surface area contributed by atoms with Crippen molar-refractivity contribution in [3.05, 3.63) is 46.4 Å². The van der Waals surface area contributed by atoms with Crippen molar-refractivity contribution in [2.45, 2.75) is 13.8 Å². The first-order valence-electron chi connectivity index (χ1n) is 5.35. The molecular weight excluding hydrogens is 280 g/mol. The summed E-state index contributed by atoms with van der Waals surface area (Å²) in [6.07, 6.45) is 1.84. The molecule has 3 aromatic rings. The lowest BCUT2D eigenvalue weighted by Gasteiger charge is -2.04. The van der Waals surface area contributed by atoms with Gasteiger partial charge in [0.1, 0.15) is 11.3 Å². The summed E-state index contributed by atoms with van der Waals surface area (Å²) in [6.45, 7) is 4.15. The van der Waals surface area contributed by atoms with Gasteiger partial charge in [-0.3, -0.25) is 4.40 Å². The monoisotopic (exact) mass is 290 g/mol. The minimum absolute atomic E-state index is 0.729. The number of aromatic nitrogens is 2. The Bertz CT molecular complexity index is 697. The second kappa shape index (κ2) is 3.74. The van der Waals surface area contributed by atoms with E-state index in [0.717, 1.165) is 27.5 Å². The number of pyridine rings is 1. The molecule has 0 unspecified atom stereocenters. The molecule has 0 aliphatic carbocycles. The molecule has 3 nitrogen and oxygen atoms in total. The molecule has 86 valence electrons. The summed E-state index contributed by atoms with van der Waals surface area (Å²) in [5.41, 5.74) is 4.29. The van der Waals surface area contributed by atoms with Gasteiger partial charge >= 0.3 is 0 Å². The van der Waals surface area contributed by atoms with Crippen LogP contribution in [0.3, 0.4) is 0 Å². The zero-order valence-electron chi connectivity index (χ0n) is 9.57. The maximum Gasteiger partial charge on any atom is 0.169 e. The minimum Gasteiger partial charge on any atom is -0.448 e. The zero-order valence-corrected chi connectivity index (χ0v) is 11.2. The highest BCUT2D eigenvalue weighted by atomic mass is 79.9. The first-order chi connectivity index (χ1) is 8.15. The van der Waals surface area contributed by atoms with E-state index in [9.17, 15) is 0 Å². The van der Waals surface area contributed by atoms with Gasteiger partial charge < -0.3 is 4.42 Å². The fraction of sp³-hybridized carbons (Fsp3) is 0.154. The van der Waals surface area contributed by atoms with Crippen molar-refractivity contribution >= 4 is 21.6 Å². The minimum atomic E-state index is 0.729. The van der Waals surface area contributed by atoms with E-state index in [1.807, 2.05) is 18.3 Å². The summed E-state index contributed by atoms with van der Waals surface area (Å²) in [7, 11) is 0. The Morgan fingerprint density at radius 1 is 1.24 bits per heavy atom. The Balaban J connectivity index is 2.31. The fourth-order valence-corrected chi connectivity index (χ4v) is 2.41. The van der Waals surface area contributed by atoms with Gasteiger partial charge in [-0.1, -0.05) is 0 Å². The summed E-state index contributed by atoms with van der Waals surface area (Å²) in [6, 6.07) is 8.02. The van der Waals surface area contributed by atoms with Crippen LogP contribution in [0.2, 0.25) is 0 Å². The quantitative estimate of drug-likeness (QED) is 0.679. The molecule has 0 N–H and O–H groups in total. The van der Waals surface area contributed by atoms with Crippen LogP contribution in [0.25, 0.3) is 17.1 Å². The van der Waals surface area contributed by atoms with Crippen molar-refractivity contribution < 1.29 is 4.42 Å². The van der Waals surface area contributed by atoms with Gasteiger partial charge in [-0.2, -0.15) is 0 Å². The molecule has 4 heteroatoms. The zero-order chi connectivity index (χ0) is 12.0. The number of hydrogen-bond donors (Lipinski definition) is 0. The third kappa shape index (κ3) is 1.69. The second-order valence-electron chi connectivity index (χ2n) is 4.11. The number of halogens is 1. The molecule has 0 atom stereocenters. The van der Waals surface area contributed by atoms with Crippen LogP contribution in [0.4, 0.5) is 0 Å². The molecule has 3 heterocycles. The van der Waals surface area contributed by atoms with Gasteiger partial charge in [-0.25, -0.2) is 4.98 Å². The van der Waals surface area contributed by atoms with Crippen LogP contribution in [0.5, 0.6) is 0 Å². The van der Waals surface area contributed by atoms with Gasteiger partial charge in [0.05, 0.1) is 6.20 Å². The molecule has 0 aliphatic rings. The van der Waals surface area contributed by atoms with Gasteiger partial charge in [0.15, 0.2) is 10.4 Å². The normalized spacial score (nSPS) is 11.2. The number of fused-ring (bicyclic) bond motifs is 1. The van der Waals surface area contributed by atoms with E-state index in [2.05, 4.69) is 51.3 Å². The van der Waals surface area contributed by atoms with Crippen LogP contribution in [-0.2, 0) is 0 Å². The van der Waals surface area contributed by atoms with Gasteiger partial charge in [0.25, 0.3) is 0 Å². The lowest BCUT2D eigenvalue weighted by Crippen LogP contribution is -1.94. The summed E-state index contributed by atoms with van der Waals surface area (Å²) >= 11 is 3.32. The number of hydrogen-bond acceptors (Lipinski definition) is 2. The number of aryl methyl sites for hydroxylation is 2. The summed E-state index contributed by atoms with van der Waals surface area (Å²) < 4.78 is 8.40. The first-order valence-corrected chi connectivity index (χ1v) is 6.15. The average molecular weight is 291 g/mol. The van der Waals surface area contributed by atoms with Crippen molar-refractivity contribution in [3.63, 3.8) is 0 Å². The van der Waals surface area contributed by atoms with E-state index in [-0.39, 0.29) is 0 Å². The van der Waals surface area contributed by atoms with E-state index in [1.54, 1.807) is 0 Å². The first kappa shape index (κ1) is 10.6. The van der Waals surface area contributed by atoms with Crippen molar-refractivity contribution in [2.75, 3.05) is 0 Å². The summed E-state index contributed by atoms with van der Waals surface area (Å²) in [5.74, 6) is 0.816. The standard InChI is InChI=1S/C13H11BrN2O/c1-8-5-9(2)16-10(7-15-13(16)6-8)11-3-4-12(14)17-11/h3-7H,1-2H3. The summed E-state index contributed by atoms with van der Waals surface area (Å²) in [4.78, 5) is 4.41. The molecule has 0 bridgehead atoms. The number of furan rings is 1. The second-order valence-corrected chi connectivity index (χ2v) is 4.90. The number of imidazole rings is 1. The molecule has 0 amide bonds. The Hall–Kier alpha value is -1.55. The van der Waals surface area contributed by atoms with Crippen molar-refractivity contribution in [2.24, 2.45) is 0 Å². The highest BCUT2D eigenvalue weighted by Crippen LogP contribution is 2.27. The molecule has 0 aromatic carbocycles. The fourth-order valence-electron chi connectivity index (χ4n) is 2.10. The van der Waals surface area contributed by atoms with Crippen LogP contribution < -0.4 is 0 Å². The SMILES string of the molecule is Cc1cc(C)n2c(-c3ccc(Br)o3)cnc2c1. The Labute approximate surface area is 107 Å². The third-order valence-electron chi connectivity index (χ3n) is 2.76. The van der Waals surface area contributed by atoms with Crippen molar-refractivity contribution in [1.29, 1.82) is 0 Å². The Kier molecular flexibility index (Phi) is 2.33. The lowest BCUT2D eigenvalue weighted by molar-refractivity contribution is 0.553. The molecule has 0 saturated carbocycles. The highest BCUT2D eigenvalue weighted by Gasteiger charge is 2.11. The molecule has 0 radical (unpaired) electrons. The predicted octanol–water partition coefficient (Wildman–Crippen LogP) is 3.97. The molecular formula is C13H11BrN2O. The topological polar surface area (TPSA) is 30.4 Å². The average Bonchev–Trinajstić information content (AvgIpc) is 2.83. The summed E-state index contributed by atoms with van der Waals surface area (Å²) in [5, 5.41) is 0. The molecule has 0 fully saturated rings. The highest BCUT2D eigenvalue weighted by molar-refractivity contribution is 9.10. The van der Waals surface area contributed by atoms with E-state index in [1.165, 1.54) is 5.56 Å². The Morgan fingerprint density at radius 3 is 2.76 bits per heavy atom. The third-order valence-corrected chi connectivity index (χ3v) is 3.19. The van der Waals surface area contributed by atoms with E-state index in [0.29, 0.717) is 0 Å². The Morgan fingerprint density at radius 2 is 2.06 bits per heavy atom. The van der Waals surface area contributed by atoms with Crippen LogP contribution >= 0.6 is 15.9 Å². The van der Waals surface area contributed by atoms with Crippen LogP contribution in [0, 0.1) is 13.8 Å². The van der Waals surface area contributed by atoms with E-state index >= 15 is 0 Å². The van der Waals surface area contributed by atoms with E-state index in [4.69, 9.17) is 4.42 Å². The largest absolute Gasteiger partial charge is 0.448 e. The van der Waals surface area contributed by atoms with Crippen LogP contribution in [0.1, 0.15) is 11.3 Å². The van der Waals surface area contributed by atoms with Gasteiger partial charge in [-0.15, -0.1) is 0 Å².